The lowest BCUT2D eigenvalue weighted by atomic mass is 9.99. The normalized spacial score (nSPS) is 21.1. The second-order valence-electron chi connectivity index (χ2n) is 6.22. The SMILES string of the molecule is CC(C(=O)NCC#N)[C@@H]1C(S(=O)(=O)Cc2ccccc2)OCCN1C(N)=O. The minimum atomic E-state index is -3.87. The van der Waals surface area contributed by atoms with Crippen molar-refractivity contribution in [3.8, 4) is 6.07 Å². The van der Waals surface area contributed by atoms with Crippen molar-refractivity contribution in [1.82, 2.24) is 10.2 Å². The fourth-order valence-corrected chi connectivity index (χ4v) is 5.00. The third-order valence-corrected chi connectivity index (χ3v) is 6.23. The monoisotopic (exact) mass is 394 g/mol. The van der Waals surface area contributed by atoms with Gasteiger partial charge >= 0.3 is 6.03 Å². The molecule has 2 unspecified atom stereocenters. The summed E-state index contributed by atoms with van der Waals surface area (Å²) in [4.78, 5) is 25.3. The number of urea groups is 1. The predicted molar refractivity (Wildman–Crippen MR) is 96.7 cm³/mol. The Labute approximate surface area is 158 Å². The predicted octanol–water partition coefficient (Wildman–Crippen LogP) is -0.0171. The van der Waals surface area contributed by atoms with Crippen molar-refractivity contribution in [3.05, 3.63) is 35.9 Å². The Morgan fingerprint density at radius 3 is 2.67 bits per heavy atom. The van der Waals surface area contributed by atoms with E-state index in [0.717, 1.165) is 4.90 Å². The molecule has 10 heteroatoms. The van der Waals surface area contributed by atoms with Gasteiger partial charge in [-0.2, -0.15) is 5.26 Å². The Bertz CT molecular complexity index is 821. The number of nitrogens with one attached hydrogen (secondary N) is 1. The number of amides is 3. The van der Waals surface area contributed by atoms with E-state index in [4.69, 9.17) is 15.7 Å². The first-order valence-electron chi connectivity index (χ1n) is 8.35. The van der Waals surface area contributed by atoms with Gasteiger partial charge in [-0.05, 0) is 5.56 Å². The average Bonchev–Trinajstić information content (AvgIpc) is 2.65. The van der Waals surface area contributed by atoms with Crippen LogP contribution in [0, 0.1) is 17.2 Å². The van der Waals surface area contributed by atoms with E-state index >= 15 is 0 Å². The van der Waals surface area contributed by atoms with Gasteiger partial charge in [0.15, 0.2) is 15.3 Å². The molecule has 1 aromatic rings. The first kappa shape index (κ1) is 20.7. The zero-order valence-corrected chi connectivity index (χ0v) is 15.7. The van der Waals surface area contributed by atoms with Crippen LogP contribution in [0.3, 0.4) is 0 Å². The minimum absolute atomic E-state index is 0.00926. The van der Waals surface area contributed by atoms with Crippen molar-refractivity contribution in [2.24, 2.45) is 11.7 Å². The molecule has 0 spiro atoms. The third kappa shape index (κ3) is 4.96. The third-order valence-electron chi connectivity index (χ3n) is 4.37. The van der Waals surface area contributed by atoms with E-state index in [2.05, 4.69) is 5.32 Å². The van der Waals surface area contributed by atoms with Crippen molar-refractivity contribution in [1.29, 1.82) is 5.26 Å². The van der Waals surface area contributed by atoms with Gasteiger partial charge in [0, 0.05) is 6.54 Å². The highest BCUT2D eigenvalue weighted by Gasteiger charge is 2.46. The molecule has 1 fully saturated rings. The van der Waals surface area contributed by atoms with E-state index in [9.17, 15) is 18.0 Å². The Morgan fingerprint density at radius 1 is 1.41 bits per heavy atom. The molecule has 9 nitrogen and oxygen atoms in total. The van der Waals surface area contributed by atoms with E-state index in [0.29, 0.717) is 5.56 Å². The van der Waals surface area contributed by atoms with Crippen molar-refractivity contribution < 1.29 is 22.7 Å². The van der Waals surface area contributed by atoms with Gasteiger partial charge in [0.25, 0.3) is 0 Å². The minimum Gasteiger partial charge on any atom is -0.358 e. The number of morpholine rings is 1. The molecule has 1 aromatic carbocycles. The molecule has 1 heterocycles. The summed E-state index contributed by atoms with van der Waals surface area (Å²) in [5.41, 5.74) is 4.57. The van der Waals surface area contributed by atoms with Gasteiger partial charge in [0.05, 0.1) is 30.4 Å². The highest BCUT2D eigenvalue weighted by molar-refractivity contribution is 7.91. The number of hydrogen-bond acceptors (Lipinski definition) is 6. The molecule has 2 rings (SSSR count). The molecule has 0 radical (unpaired) electrons. The number of carbonyl (C=O) groups is 2. The summed E-state index contributed by atoms with van der Waals surface area (Å²) in [7, 11) is -3.87. The molecule has 0 bridgehead atoms. The summed E-state index contributed by atoms with van der Waals surface area (Å²) in [6.07, 6.45) is 0. The lowest BCUT2D eigenvalue weighted by Crippen LogP contribution is -2.62. The summed E-state index contributed by atoms with van der Waals surface area (Å²) in [6.45, 7) is 1.32. The van der Waals surface area contributed by atoms with E-state index in [-0.39, 0.29) is 25.4 Å². The highest BCUT2D eigenvalue weighted by atomic mass is 32.2. The van der Waals surface area contributed by atoms with Crippen LogP contribution < -0.4 is 11.1 Å². The fraction of sp³-hybridized carbons (Fsp3) is 0.471. The van der Waals surface area contributed by atoms with E-state index in [1.807, 2.05) is 0 Å². The topological polar surface area (TPSA) is 143 Å². The maximum Gasteiger partial charge on any atom is 0.315 e. The van der Waals surface area contributed by atoms with Crippen LogP contribution in [0.25, 0.3) is 0 Å². The number of benzene rings is 1. The molecule has 1 aliphatic heterocycles. The molecule has 0 saturated carbocycles. The van der Waals surface area contributed by atoms with Crippen LogP contribution in [0.4, 0.5) is 4.79 Å². The maximum atomic E-state index is 13.0. The number of rotatable bonds is 6. The first-order chi connectivity index (χ1) is 12.8. The van der Waals surface area contributed by atoms with Crippen molar-refractivity contribution >= 4 is 21.8 Å². The standard InChI is InChI=1S/C17H22N4O5S/c1-12(15(22)20-8-7-18)14-16(26-10-9-21(14)17(19)23)27(24,25)11-13-5-3-2-4-6-13/h2-6,12,14,16H,8-11H2,1H3,(H2,19,23)(H,20,22)/t12?,14-,16?/m1/s1. The lowest BCUT2D eigenvalue weighted by Gasteiger charge is -2.42. The maximum absolute atomic E-state index is 13.0. The Morgan fingerprint density at radius 2 is 2.07 bits per heavy atom. The number of nitrogens with zero attached hydrogens (tertiary/aromatic N) is 2. The van der Waals surface area contributed by atoms with Gasteiger partial charge < -0.3 is 20.7 Å². The lowest BCUT2D eigenvalue weighted by molar-refractivity contribution is -0.129. The Balaban J connectivity index is 2.34. The molecule has 3 amide bonds. The second-order valence-corrected chi connectivity index (χ2v) is 8.30. The molecule has 3 atom stereocenters. The quantitative estimate of drug-likeness (QED) is 0.649. The number of ether oxygens (including phenoxy) is 1. The number of hydrogen-bond donors (Lipinski definition) is 2. The van der Waals surface area contributed by atoms with E-state index in [1.54, 1.807) is 36.4 Å². The van der Waals surface area contributed by atoms with Gasteiger partial charge in [-0.1, -0.05) is 37.3 Å². The number of carbonyl (C=O) groups excluding carboxylic acids is 2. The summed E-state index contributed by atoms with van der Waals surface area (Å²) < 4.78 is 31.5. The zero-order chi connectivity index (χ0) is 20.0. The Hall–Kier alpha value is -2.64. The molecular formula is C17H22N4O5S. The van der Waals surface area contributed by atoms with Gasteiger partial charge in [-0.3, -0.25) is 4.79 Å². The molecule has 3 N–H and O–H groups in total. The van der Waals surface area contributed by atoms with Crippen LogP contribution in [0.1, 0.15) is 12.5 Å². The molecule has 27 heavy (non-hydrogen) atoms. The Kier molecular flexibility index (Phi) is 6.76. The molecule has 0 aromatic heterocycles. The molecule has 1 saturated heterocycles. The van der Waals surface area contributed by atoms with Gasteiger partial charge in [0.1, 0.15) is 6.54 Å². The van der Waals surface area contributed by atoms with Crippen LogP contribution in [0.15, 0.2) is 30.3 Å². The highest BCUT2D eigenvalue weighted by Crippen LogP contribution is 2.27. The summed E-state index contributed by atoms with van der Waals surface area (Å²) in [6, 6.07) is 8.41. The summed E-state index contributed by atoms with van der Waals surface area (Å²) in [5.74, 6) is -1.80. The molecule has 0 aliphatic carbocycles. The second kappa shape index (κ2) is 8.83. The van der Waals surface area contributed by atoms with Crippen LogP contribution in [0.2, 0.25) is 0 Å². The van der Waals surface area contributed by atoms with Crippen LogP contribution >= 0.6 is 0 Å². The molecular weight excluding hydrogens is 372 g/mol. The first-order valence-corrected chi connectivity index (χ1v) is 10.1. The van der Waals surface area contributed by atoms with Crippen molar-refractivity contribution in [2.75, 3.05) is 19.7 Å². The van der Waals surface area contributed by atoms with Gasteiger partial charge in [-0.15, -0.1) is 0 Å². The fourth-order valence-electron chi connectivity index (χ4n) is 3.07. The number of sulfone groups is 1. The average molecular weight is 394 g/mol. The van der Waals surface area contributed by atoms with Crippen LogP contribution in [-0.2, 0) is 25.1 Å². The van der Waals surface area contributed by atoms with Crippen molar-refractivity contribution in [2.45, 2.75) is 24.2 Å². The zero-order valence-electron chi connectivity index (χ0n) is 14.9. The van der Waals surface area contributed by atoms with Gasteiger partial charge in [0.2, 0.25) is 5.91 Å². The van der Waals surface area contributed by atoms with Crippen LogP contribution in [-0.4, -0.2) is 56.4 Å². The largest absolute Gasteiger partial charge is 0.358 e. The van der Waals surface area contributed by atoms with Gasteiger partial charge in [-0.25, -0.2) is 13.2 Å². The number of nitrogens with two attached hydrogens (primary N) is 1. The number of nitriles is 1. The summed E-state index contributed by atoms with van der Waals surface area (Å²) >= 11 is 0. The smallest absolute Gasteiger partial charge is 0.315 e. The van der Waals surface area contributed by atoms with Crippen molar-refractivity contribution in [3.63, 3.8) is 0 Å². The summed E-state index contributed by atoms with van der Waals surface area (Å²) in [5, 5.41) is 11.0. The molecule has 146 valence electrons. The molecule has 1 aliphatic rings. The van der Waals surface area contributed by atoms with E-state index < -0.39 is 39.2 Å². The van der Waals surface area contributed by atoms with E-state index in [1.165, 1.54) is 6.92 Å². The number of primary amides is 1. The van der Waals surface area contributed by atoms with Crippen LogP contribution in [0.5, 0.6) is 0 Å².